The molecule has 4 aromatic heterocycles. The van der Waals surface area contributed by atoms with E-state index in [0.29, 0.717) is 5.82 Å². The molecule has 13 rings (SSSR count). The first-order valence-corrected chi connectivity index (χ1v) is 23.1. The maximum absolute atomic E-state index is 6.66. The molecule has 0 aliphatic rings. The Kier molecular flexibility index (Phi) is 9.61. The van der Waals surface area contributed by atoms with Gasteiger partial charge in [-0.1, -0.05) is 158 Å². The van der Waals surface area contributed by atoms with E-state index < -0.39 is 0 Å². The van der Waals surface area contributed by atoms with Crippen molar-refractivity contribution < 1.29 is 13.4 Å². The Bertz CT molecular complexity index is 4010. The third kappa shape index (κ3) is 7.32. The van der Waals surface area contributed by atoms with E-state index >= 15 is 0 Å². The fraction of sp³-hybridized carbons (Fsp3) is 0.0159. The molecule has 0 bridgehead atoms. The molecule has 0 unspecified atom stereocenters. The standard InChI is InChI=1S/C63H41N4O2/c1-67-57(39-56(41-18-8-3-9-19-41)66-63(67)43-22-12-5-13-23-43)49-27-15-25-45(33-49)47-29-31-51-53-37-60-52(36-61(53)69-59(51)35-47)50-30-28-46(34-58(50)68-60)44-24-14-26-48(32-44)55-38-54(40-16-6-2-7-17-40)64-62(65-55)42-20-10-4-11-21-42/h2-39H,1H3/q+1. The van der Waals surface area contributed by atoms with E-state index in [4.69, 9.17) is 23.8 Å². The van der Waals surface area contributed by atoms with Crippen molar-refractivity contribution in [3.05, 3.63) is 231 Å². The van der Waals surface area contributed by atoms with Gasteiger partial charge in [-0.25, -0.2) is 14.5 Å². The predicted molar refractivity (Wildman–Crippen MR) is 279 cm³/mol. The van der Waals surface area contributed by atoms with Gasteiger partial charge in [0, 0.05) is 55.4 Å². The number of nitrogens with zero attached hydrogens (tertiary/aromatic N) is 4. The van der Waals surface area contributed by atoms with Crippen LogP contribution in [0.4, 0.5) is 0 Å². The summed E-state index contributed by atoms with van der Waals surface area (Å²) in [6.45, 7) is 0. The summed E-state index contributed by atoms with van der Waals surface area (Å²) in [5.74, 6) is 1.59. The minimum absolute atomic E-state index is 0.692. The molecule has 6 heteroatoms. The second-order valence-electron chi connectivity index (χ2n) is 17.5. The van der Waals surface area contributed by atoms with E-state index in [1.165, 1.54) is 0 Å². The van der Waals surface area contributed by atoms with Crippen LogP contribution in [0.2, 0.25) is 0 Å². The summed E-state index contributed by atoms with van der Waals surface area (Å²) >= 11 is 0. The Morgan fingerprint density at radius 2 is 0.696 bits per heavy atom. The summed E-state index contributed by atoms with van der Waals surface area (Å²) in [6, 6.07) is 79.9. The molecule has 0 radical (unpaired) electrons. The average molecular weight is 886 g/mol. The minimum atomic E-state index is 0.692. The van der Waals surface area contributed by atoms with Crippen LogP contribution in [0.3, 0.4) is 0 Å². The van der Waals surface area contributed by atoms with Gasteiger partial charge in [-0.05, 0) is 94.0 Å². The predicted octanol–water partition coefficient (Wildman–Crippen LogP) is 15.8. The normalized spacial score (nSPS) is 11.6. The van der Waals surface area contributed by atoms with Crippen LogP contribution in [0.15, 0.2) is 239 Å². The lowest BCUT2D eigenvalue weighted by Crippen LogP contribution is -2.35. The zero-order valence-corrected chi connectivity index (χ0v) is 37.5. The van der Waals surface area contributed by atoms with E-state index in [0.717, 1.165) is 128 Å². The fourth-order valence-electron chi connectivity index (χ4n) is 9.63. The highest BCUT2D eigenvalue weighted by Crippen LogP contribution is 2.40. The molecule has 0 saturated carbocycles. The van der Waals surface area contributed by atoms with Gasteiger partial charge in [0.15, 0.2) is 11.5 Å². The van der Waals surface area contributed by atoms with Crippen LogP contribution in [0, 0.1) is 0 Å². The molecule has 4 heterocycles. The maximum atomic E-state index is 6.66. The minimum Gasteiger partial charge on any atom is -0.456 e. The molecule has 13 aromatic rings. The van der Waals surface area contributed by atoms with E-state index in [1.54, 1.807) is 0 Å². The van der Waals surface area contributed by atoms with Gasteiger partial charge in [0.1, 0.15) is 28.0 Å². The van der Waals surface area contributed by atoms with Gasteiger partial charge < -0.3 is 8.83 Å². The Labute approximate surface area is 398 Å². The molecule has 0 spiro atoms. The Hall–Kier alpha value is -9.26. The van der Waals surface area contributed by atoms with Gasteiger partial charge in [-0.15, -0.1) is 0 Å². The number of rotatable bonds is 8. The van der Waals surface area contributed by atoms with Crippen LogP contribution >= 0.6 is 0 Å². The monoisotopic (exact) mass is 885 g/mol. The second kappa shape index (κ2) is 16.6. The van der Waals surface area contributed by atoms with Gasteiger partial charge in [0.25, 0.3) is 0 Å². The molecular weight excluding hydrogens is 845 g/mol. The Morgan fingerprint density at radius 1 is 0.290 bits per heavy atom. The quantitative estimate of drug-likeness (QED) is 0.142. The average Bonchev–Trinajstić information content (AvgIpc) is 3.97. The molecule has 9 aromatic carbocycles. The summed E-state index contributed by atoms with van der Waals surface area (Å²) in [5, 5.41) is 4.12. The molecule has 0 aliphatic carbocycles. The highest BCUT2D eigenvalue weighted by Gasteiger charge is 2.23. The van der Waals surface area contributed by atoms with Crippen LogP contribution in [0.5, 0.6) is 0 Å². The van der Waals surface area contributed by atoms with E-state index in [9.17, 15) is 0 Å². The van der Waals surface area contributed by atoms with Crippen LogP contribution in [-0.2, 0) is 7.05 Å². The molecule has 6 nitrogen and oxygen atoms in total. The molecule has 0 saturated heterocycles. The summed E-state index contributed by atoms with van der Waals surface area (Å²) in [7, 11) is 2.09. The first-order valence-electron chi connectivity index (χ1n) is 23.1. The van der Waals surface area contributed by atoms with Gasteiger partial charge >= 0.3 is 5.82 Å². The second-order valence-corrected chi connectivity index (χ2v) is 17.5. The fourth-order valence-corrected chi connectivity index (χ4v) is 9.63. The van der Waals surface area contributed by atoms with Gasteiger partial charge in [0.05, 0.1) is 24.0 Å². The summed E-state index contributed by atoms with van der Waals surface area (Å²) in [6.07, 6.45) is 0. The van der Waals surface area contributed by atoms with Crippen LogP contribution in [0.25, 0.3) is 134 Å². The van der Waals surface area contributed by atoms with E-state index in [1.807, 2.05) is 48.5 Å². The van der Waals surface area contributed by atoms with Crippen molar-refractivity contribution in [3.63, 3.8) is 0 Å². The summed E-state index contributed by atoms with van der Waals surface area (Å²) < 4.78 is 15.5. The number of fused-ring (bicyclic) bond motifs is 6. The van der Waals surface area contributed by atoms with Crippen molar-refractivity contribution in [1.82, 2.24) is 15.0 Å². The smallest absolute Gasteiger partial charge is 0.331 e. The first kappa shape index (κ1) is 40.1. The summed E-state index contributed by atoms with van der Waals surface area (Å²) in [5.41, 5.74) is 17.6. The SMILES string of the molecule is C[n+]1c(-c2cccc(-c3ccc4c(c3)oc3cc5c(cc34)oc3cc(-c4cccc(-c6cc(-c7ccccc7)nc(-c7ccccc7)n6)c4)ccc35)c2)cc(-c2ccccc2)nc1-c1ccccc1. The van der Waals surface area contributed by atoms with Crippen LogP contribution < -0.4 is 4.57 Å². The zero-order valence-electron chi connectivity index (χ0n) is 37.5. The molecule has 0 N–H and O–H groups in total. The van der Waals surface area contributed by atoms with Crippen molar-refractivity contribution in [2.45, 2.75) is 0 Å². The van der Waals surface area contributed by atoms with Gasteiger partial charge in [-0.2, -0.15) is 0 Å². The third-order valence-corrected chi connectivity index (χ3v) is 13.2. The molecule has 0 fully saturated rings. The highest BCUT2D eigenvalue weighted by molar-refractivity contribution is 6.15. The third-order valence-electron chi connectivity index (χ3n) is 13.2. The molecule has 0 atom stereocenters. The maximum Gasteiger partial charge on any atom is 0.331 e. The topological polar surface area (TPSA) is 68.8 Å². The zero-order chi connectivity index (χ0) is 45.8. The number of hydrogen-bond acceptors (Lipinski definition) is 5. The number of furan rings is 2. The van der Waals surface area contributed by atoms with Crippen molar-refractivity contribution in [2.24, 2.45) is 7.05 Å². The van der Waals surface area contributed by atoms with Gasteiger partial charge in [0.2, 0.25) is 0 Å². The molecule has 0 amide bonds. The number of hydrogen-bond donors (Lipinski definition) is 0. The van der Waals surface area contributed by atoms with Gasteiger partial charge in [-0.3, -0.25) is 0 Å². The van der Waals surface area contributed by atoms with E-state index in [-0.39, 0.29) is 0 Å². The van der Waals surface area contributed by atoms with Crippen molar-refractivity contribution >= 4 is 43.9 Å². The molecule has 324 valence electrons. The Morgan fingerprint density at radius 3 is 1.25 bits per heavy atom. The lowest BCUT2D eigenvalue weighted by atomic mass is 9.99. The molecule has 69 heavy (non-hydrogen) atoms. The van der Waals surface area contributed by atoms with E-state index in [2.05, 4.69) is 194 Å². The lowest BCUT2D eigenvalue weighted by molar-refractivity contribution is -0.651. The van der Waals surface area contributed by atoms with Crippen molar-refractivity contribution in [1.29, 1.82) is 0 Å². The van der Waals surface area contributed by atoms with Crippen LogP contribution in [-0.4, -0.2) is 15.0 Å². The van der Waals surface area contributed by atoms with Crippen LogP contribution in [0.1, 0.15) is 0 Å². The summed E-state index contributed by atoms with van der Waals surface area (Å²) in [4.78, 5) is 15.2. The highest BCUT2D eigenvalue weighted by atomic mass is 16.3. The first-order chi connectivity index (χ1) is 34.1. The van der Waals surface area contributed by atoms with Crippen molar-refractivity contribution in [2.75, 3.05) is 0 Å². The molecular formula is C63H41N4O2+. The largest absolute Gasteiger partial charge is 0.456 e. The Balaban J connectivity index is 0.833. The lowest BCUT2D eigenvalue weighted by Gasteiger charge is -2.10. The number of aromatic nitrogens is 4. The number of benzene rings is 9. The molecule has 0 aliphatic heterocycles. The van der Waals surface area contributed by atoms with Crippen molar-refractivity contribution in [3.8, 4) is 90.1 Å².